The number of hydrogen-bond acceptors (Lipinski definition) is 13. The van der Waals surface area contributed by atoms with Crippen molar-refractivity contribution in [2.24, 2.45) is 27.1 Å². The van der Waals surface area contributed by atoms with E-state index in [1.165, 1.54) is 50.1 Å². The minimum Gasteiger partial charge on any atom is -0.382 e. The summed E-state index contributed by atoms with van der Waals surface area (Å²) in [5.41, 5.74) is 35.5. The molecule has 2 unspecified atom stereocenters. The first-order chi connectivity index (χ1) is 59.4. The van der Waals surface area contributed by atoms with Gasteiger partial charge in [0.15, 0.2) is 29.0 Å². The molecule has 8 aliphatic carbocycles. The van der Waals surface area contributed by atoms with Crippen molar-refractivity contribution in [1.29, 1.82) is 0 Å². The zero-order chi connectivity index (χ0) is 91.1. The minimum absolute atomic E-state index is 0.0309. The van der Waals surface area contributed by atoms with Crippen LogP contribution in [0.1, 0.15) is 288 Å². The summed E-state index contributed by atoms with van der Waals surface area (Å²) in [5.74, 6) is 1.82. The molecular weight excluding hydrogens is 1560 g/mol. The third kappa shape index (κ3) is 18.9. The summed E-state index contributed by atoms with van der Waals surface area (Å²) in [6, 6.07) is 51.4. The summed E-state index contributed by atoms with van der Waals surface area (Å²) in [5, 5.41) is 35.2. The van der Waals surface area contributed by atoms with E-state index < -0.39 is 16.2 Å². The molecule has 18 rings (SSSR count). The number of ketones is 6. The van der Waals surface area contributed by atoms with Gasteiger partial charge in [-0.15, -0.1) is 0 Å². The zero-order valence-electron chi connectivity index (χ0n) is 77.9. The molecule has 6 N–H and O–H groups in total. The average Bonchev–Trinajstić information content (AvgIpc) is 1.45. The van der Waals surface area contributed by atoms with E-state index in [9.17, 15) is 28.8 Å². The van der Waals surface area contributed by atoms with E-state index in [-0.39, 0.29) is 57.1 Å². The topological polar surface area (TPSA) is 270 Å². The Labute approximate surface area is 744 Å². The lowest BCUT2D eigenvalue weighted by Crippen LogP contribution is -2.41. The Morgan fingerprint density at radius 1 is 0.421 bits per heavy atom. The maximum absolute atomic E-state index is 13.2. The fourth-order valence-electron chi connectivity index (χ4n) is 22.1. The number of carbonyl (C=O) groups is 6. The van der Waals surface area contributed by atoms with Gasteiger partial charge in [-0.25, -0.2) is 4.68 Å². The van der Waals surface area contributed by atoms with Crippen LogP contribution in [0.4, 0.5) is 5.82 Å². The van der Waals surface area contributed by atoms with Gasteiger partial charge in [-0.2, -0.15) is 25.5 Å². The van der Waals surface area contributed by atoms with E-state index in [2.05, 4.69) is 241 Å². The number of nitrogens with zero attached hydrogens (tertiary/aromatic N) is 6. The highest BCUT2D eigenvalue weighted by molar-refractivity contribution is 6.04. The summed E-state index contributed by atoms with van der Waals surface area (Å²) in [4.78, 5) is 73.3. The number of nitrogens with one attached hydrogen (secondary N) is 4. The molecule has 5 heterocycles. The van der Waals surface area contributed by atoms with Gasteiger partial charge in [0.2, 0.25) is 0 Å². The van der Waals surface area contributed by atoms with Crippen LogP contribution in [-0.4, -0.2) is 91.9 Å². The second kappa shape index (κ2) is 36.0. The predicted molar refractivity (Wildman–Crippen MR) is 503 cm³/mol. The Morgan fingerprint density at radius 3 is 1.09 bits per heavy atom. The lowest BCUT2D eigenvalue weighted by Gasteiger charge is -2.43. The largest absolute Gasteiger partial charge is 0.382 e. The molecule has 18 heteroatoms. The van der Waals surface area contributed by atoms with Crippen LogP contribution in [0.5, 0.6) is 0 Å². The number of aromatic amines is 4. The molecule has 18 nitrogen and oxygen atoms in total. The highest BCUT2D eigenvalue weighted by atomic mass is 16.5. The number of aromatic nitrogens is 10. The van der Waals surface area contributed by atoms with Crippen molar-refractivity contribution in [3.8, 4) is 0 Å². The Morgan fingerprint density at radius 2 is 0.746 bits per heavy atom. The van der Waals surface area contributed by atoms with Gasteiger partial charge in [0, 0.05) is 160 Å². The molecule has 5 aromatic carbocycles. The van der Waals surface area contributed by atoms with E-state index in [1.807, 2.05) is 119 Å². The molecule has 0 amide bonds. The van der Waals surface area contributed by atoms with E-state index in [4.69, 9.17) is 10.5 Å². The number of hydrogen-bond donors (Lipinski definition) is 5. The molecule has 658 valence electrons. The van der Waals surface area contributed by atoms with Gasteiger partial charge in [-0.1, -0.05) is 256 Å². The Bertz CT molecular complexity index is 5620. The van der Waals surface area contributed by atoms with Crippen molar-refractivity contribution in [3.63, 3.8) is 0 Å². The second-order valence-corrected chi connectivity index (χ2v) is 40.7. The number of Topliss-reactive ketones (excluding diaryl/α,β-unsaturated/α-hetero) is 5. The predicted octanol–water partition coefficient (Wildman–Crippen LogP) is 22.2. The average molecular weight is 1690 g/mol. The fraction of sp³-hybridized carbons (Fsp3) is 0.417. The zero-order valence-corrected chi connectivity index (χ0v) is 77.9. The van der Waals surface area contributed by atoms with E-state index >= 15 is 0 Å². The number of allylic oxidation sites excluding steroid dienone is 8. The number of nitrogen functional groups attached to an aromatic ring is 1. The van der Waals surface area contributed by atoms with Crippen molar-refractivity contribution in [1.82, 2.24) is 50.6 Å². The van der Waals surface area contributed by atoms with Crippen LogP contribution in [0, 0.1) is 61.7 Å². The van der Waals surface area contributed by atoms with Crippen LogP contribution in [0.25, 0.3) is 11.1 Å². The van der Waals surface area contributed by atoms with Gasteiger partial charge in [0.1, 0.15) is 17.8 Å². The summed E-state index contributed by atoms with van der Waals surface area (Å²) in [6.07, 6.45) is 12.4. The Hall–Kier alpha value is -11.6. The van der Waals surface area contributed by atoms with Crippen LogP contribution in [0.15, 0.2) is 210 Å². The van der Waals surface area contributed by atoms with E-state index in [0.717, 1.165) is 152 Å². The van der Waals surface area contributed by atoms with Gasteiger partial charge < -0.3 is 10.5 Å². The van der Waals surface area contributed by atoms with E-state index in [1.54, 1.807) is 0 Å². The molecule has 10 aromatic rings. The molecule has 0 saturated heterocycles. The molecule has 0 radical (unpaired) electrons. The molecule has 0 spiro atoms. The number of carbonyl (C=O) groups excluding carboxylic acids is 6. The standard InChI is InChI=1S/4C21H24N2O.C16H21N3O.C8H12O2/c3*1-13-18-16(23-22-13)10-14-11-20(2,3)12-17(24)19(14)21(18,4)15-8-6-5-7-9-15;1-14(17-8-6-5-7-9-17)20-15(2)22-23-19(20)11-16-10-18(24)13-21(3,4)12-16;1-5-20-13(4)19-12(3)15(16(17)18-19)11(2)14-9-7-6-8-10-14;1-8(2)4-6(9)3-7(10)5-8/h3*5-9H,10-12H2,1-4H3,(H,22,23);5-10H,1,11-13H2,2-4H3,(H,22,23);6-10,13H,2,5H2,1,3-4H3,(H2,17,18);3-5H2,1-2H3/t2*21-;;;;/m10..../s1. The molecule has 126 heavy (non-hydrogen) atoms. The fourth-order valence-corrected chi connectivity index (χ4v) is 22.1. The van der Waals surface area contributed by atoms with E-state index in [0.29, 0.717) is 74.7 Å². The highest BCUT2D eigenvalue weighted by Gasteiger charge is 2.53. The smallest absolute Gasteiger partial charge is 0.160 e. The van der Waals surface area contributed by atoms with Gasteiger partial charge >= 0.3 is 0 Å². The third-order valence-electron chi connectivity index (χ3n) is 26.8. The van der Waals surface area contributed by atoms with Crippen LogP contribution in [0.2, 0.25) is 0 Å². The van der Waals surface area contributed by atoms with Gasteiger partial charge in [0.05, 0.1) is 29.2 Å². The van der Waals surface area contributed by atoms with Crippen LogP contribution >= 0.6 is 0 Å². The van der Waals surface area contributed by atoms with Gasteiger partial charge in [0.25, 0.3) is 0 Å². The summed E-state index contributed by atoms with van der Waals surface area (Å²) >= 11 is 0. The number of fused-ring (bicyclic) bond motifs is 3. The van der Waals surface area contributed by atoms with Crippen LogP contribution in [-0.2, 0) is 75.4 Å². The van der Waals surface area contributed by atoms with Crippen molar-refractivity contribution in [3.05, 3.63) is 317 Å². The number of aryl methyl sites for hydroxylation is 4. The lowest BCUT2D eigenvalue weighted by molar-refractivity contribution is -0.133. The number of rotatable bonds is 12. The van der Waals surface area contributed by atoms with Crippen molar-refractivity contribution in [2.75, 3.05) is 12.3 Å². The SMILES string of the molecule is C=C(c1ccccc1)c1c(CC2=CC(=O)CC(C)(C)C2)n[nH]c1C.C=C(c1ccccc1)c1c(N)nn(C(C)OCC)c1C.CC1(C)CC(=O)CC(=O)C1.Cc1[nH]nc2c1C(C)(c1ccccc1)C1=C(C2)CC(C)(C)CC1=O.Cc1[nH]nc2c1[C@@](C)(c1ccccc1)C1=C(C2)CC(C)(C)CC1=O.Cc1[nH]nc2c1[C@](C)(c1ccccc1)C1=C(C2)CC(C)(C)CC1=O. The molecule has 0 bridgehead atoms. The quantitative estimate of drug-likeness (QED) is 0.0713. The molecule has 5 aromatic heterocycles. The summed E-state index contributed by atoms with van der Waals surface area (Å²) < 4.78 is 7.39. The first-order valence-corrected chi connectivity index (χ1v) is 44.7. The normalized spacial score (nSPS) is 21.7. The second-order valence-electron chi connectivity index (χ2n) is 40.7. The number of H-pyrrole nitrogens is 4. The molecule has 0 aliphatic heterocycles. The van der Waals surface area contributed by atoms with Crippen LogP contribution in [0.3, 0.4) is 0 Å². The molecular formula is C108H129N11O7. The van der Waals surface area contributed by atoms with Crippen LogP contribution < -0.4 is 5.73 Å². The summed E-state index contributed by atoms with van der Waals surface area (Å²) in [7, 11) is 0. The molecule has 1 saturated carbocycles. The molecule has 1 fully saturated rings. The van der Waals surface area contributed by atoms with Gasteiger partial charge in [-0.05, 0) is 167 Å². The first-order valence-electron chi connectivity index (χ1n) is 44.7. The maximum Gasteiger partial charge on any atom is 0.160 e. The maximum atomic E-state index is 13.2. The number of ether oxygens (including phenoxy) is 1. The number of benzene rings is 5. The minimum atomic E-state index is -0.408. The monoisotopic (exact) mass is 1690 g/mol. The molecule has 8 aliphatic rings. The van der Waals surface area contributed by atoms with Crippen molar-refractivity contribution < 1.29 is 33.5 Å². The van der Waals surface area contributed by atoms with Crippen molar-refractivity contribution >= 4 is 51.7 Å². The number of anilines is 1. The molecule has 4 atom stereocenters. The third-order valence-corrected chi connectivity index (χ3v) is 26.8. The summed E-state index contributed by atoms with van der Waals surface area (Å²) in [6.45, 7) is 51.2. The first kappa shape index (κ1) is 92.0. The van der Waals surface area contributed by atoms with Gasteiger partial charge in [-0.3, -0.25) is 49.2 Å². The van der Waals surface area contributed by atoms with Crippen molar-refractivity contribution in [2.45, 2.75) is 257 Å². The Kier molecular flexibility index (Phi) is 26.3. The highest BCUT2D eigenvalue weighted by Crippen LogP contribution is 2.57. The number of nitrogens with two attached hydrogens (primary N) is 1. The Balaban J connectivity index is 0.000000131. The lowest BCUT2D eigenvalue weighted by atomic mass is 9.58.